The van der Waals surface area contributed by atoms with Crippen molar-refractivity contribution < 1.29 is 4.74 Å². The zero-order valence-electron chi connectivity index (χ0n) is 10.4. The number of nitrogens with one attached hydrogen (secondary N) is 1. The number of ether oxygens (including phenoxy) is 1. The fourth-order valence-corrected chi connectivity index (χ4v) is 1.50. The Bertz CT molecular complexity index is 457. The molecule has 1 heterocycles. The van der Waals surface area contributed by atoms with Crippen molar-refractivity contribution in [2.75, 3.05) is 13.2 Å². The van der Waals surface area contributed by atoms with Gasteiger partial charge in [-0.25, -0.2) is 0 Å². The summed E-state index contributed by atoms with van der Waals surface area (Å²) in [6.45, 7) is 2.20. The van der Waals surface area contributed by atoms with Crippen LogP contribution in [0.25, 0.3) is 0 Å². The van der Waals surface area contributed by atoms with Crippen LogP contribution in [-0.4, -0.2) is 33.4 Å². The largest absolute Gasteiger partial charge is 0.494 e. The minimum Gasteiger partial charge on any atom is -0.494 e. The molecular weight excluding hydrogens is 230 g/mol. The molecule has 0 unspecified atom stereocenters. The quantitative estimate of drug-likeness (QED) is 0.732. The van der Waals surface area contributed by atoms with E-state index in [0.29, 0.717) is 19.0 Å². The maximum Gasteiger partial charge on any atom is 0.188 e. The summed E-state index contributed by atoms with van der Waals surface area (Å²) in [5.41, 5.74) is 0. The molecule has 2 rings (SSSR count). The second-order valence-electron chi connectivity index (χ2n) is 3.89. The number of benzene rings is 1. The lowest BCUT2D eigenvalue weighted by molar-refractivity contribution is 0.308. The Kier molecular flexibility index (Phi) is 4.66. The fourth-order valence-electron chi connectivity index (χ4n) is 1.50. The zero-order chi connectivity index (χ0) is 12.6. The third kappa shape index (κ3) is 4.14. The summed E-state index contributed by atoms with van der Waals surface area (Å²) >= 11 is 0. The number of hydrogen-bond acceptors (Lipinski definition) is 5. The van der Waals surface area contributed by atoms with Crippen molar-refractivity contribution >= 4 is 0 Å². The molecular formula is C12H17N5O. The lowest BCUT2D eigenvalue weighted by Gasteiger charge is -2.05. The number of aromatic nitrogens is 4. The monoisotopic (exact) mass is 247 g/mol. The predicted octanol–water partition coefficient (Wildman–Crippen LogP) is 0.769. The summed E-state index contributed by atoms with van der Waals surface area (Å²) < 4.78 is 5.57. The number of hydrogen-bond donors (Lipinski definition) is 1. The number of rotatable bonds is 7. The first-order chi connectivity index (χ1) is 8.84. The Morgan fingerprint density at radius 2 is 2.11 bits per heavy atom. The molecule has 0 aliphatic carbocycles. The summed E-state index contributed by atoms with van der Waals surface area (Å²) in [5, 5.41) is 15.0. The van der Waals surface area contributed by atoms with Crippen molar-refractivity contribution in [3.05, 3.63) is 36.2 Å². The molecule has 0 bridgehead atoms. The number of para-hydroxylation sites is 1. The van der Waals surface area contributed by atoms with E-state index in [1.807, 2.05) is 30.3 Å². The van der Waals surface area contributed by atoms with Gasteiger partial charge in [0.2, 0.25) is 0 Å². The van der Waals surface area contributed by atoms with Crippen molar-refractivity contribution in [3.63, 3.8) is 0 Å². The molecule has 0 spiro atoms. The Morgan fingerprint density at radius 1 is 1.28 bits per heavy atom. The Labute approximate surface area is 106 Å². The van der Waals surface area contributed by atoms with Crippen LogP contribution in [0.1, 0.15) is 12.2 Å². The lowest BCUT2D eigenvalue weighted by atomic mass is 10.3. The third-order valence-corrected chi connectivity index (χ3v) is 2.34. The highest BCUT2D eigenvalue weighted by molar-refractivity contribution is 5.20. The molecule has 0 aliphatic rings. The second-order valence-corrected chi connectivity index (χ2v) is 3.89. The molecule has 18 heavy (non-hydrogen) atoms. The van der Waals surface area contributed by atoms with Gasteiger partial charge in [0.15, 0.2) is 5.82 Å². The first-order valence-corrected chi connectivity index (χ1v) is 5.96. The summed E-state index contributed by atoms with van der Waals surface area (Å²) in [5.74, 6) is 1.62. The van der Waals surface area contributed by atoms with Gasteiger partial charge in [-0.2, -0.15) is 4.80 Å². The molecule has 0 atom stereocenters. The van der Waals surface area contributed by atoms with Crippen LogP contribution in [0.3, 0.4) is 0 Å². The highest BCUT2D eigenvalue weighted by atomic mass is 16.5. The van der Waals surface area contributed by atoms with Crippen LogP contribution in [0.5, 0.6) is 5.75 Å². The molecule has 0 fully saturated rings. The first-order valence-electron chi connectivity index (χ1n) is 5.96. The molecule has 1 aromatic carbocycles. The molecule has 6 nitrogen and oxygen atoms in total. The van der Waals surface area contributed by atoms with Crippen molar-refractivity contribution in [2.24, 2.45) is 7.05 Å². The van der Waals surface area contributed by atoms with E-state index in [0.717, 1.165) is 18.7 Å². The van der Waals surface area contributed by atoms with E-state index in [4.69, 9.17) is 4.74 Å². The Balaban J connectivity index is 1.54. The van der Waals surface area contributed by atoms with Gasteiger partial charge in [-0.15, -0.1) is 10.2 Å². The van der Waals surface area contributed by atoms with E-state index in [-0.39, 0.29) is 0 Å². The second kappa shape index (κ2) is 6.70. The number of aryl methyl sites for hydroxylation is 1. The predicted molar refractivity (Wildman–Crippen MR) is 67.1 cm³/mol. The van der Waals surface area contributed by atoms with E-state index in [1.54, 1.807) is 7.05 Å². The van der Waals surface area contributed by atoms with Gasteiger partial charge in [0, 0.05) is 0 Å². The molecule has 0 aliphatic heterocycles. The van der Waals surface area contributed by atoms with Crippen LogP contribution in [0.2, 0.25) is 0 Å². The molecule has 6 heteroatoms. The normalized spacial score (nSPS) is 10.5. The first kappa shape index (κ1) is 12.5. The van der Waals surface area contributed by atoms with E-state index >= 15 is 0 Å². The van der Waals surface area contributed by atoms with Gasteiger partial charge in [0.25, 0.3) is 0 Å². The molecule has 1 aromatic heterocycles. The molecule has 0 amide bonds. The van der Waals surface area contributed by atoms with Gasteiger partial charge >= 0.3 is 0 Å². The number of tetrazole rings is 1. The Hall–Kier alpha value is -1.95. The van der Waals surface area contributed by atoms with Gasteiger partial charge in [-0.1, -0.05) is 18.2 Å². The van der Waals surface area contributed by atoms with Crippen molar-refractivity contribution in [2.45, 2.75) is 13.0 Å². The van der Waals surface area contributed by atoms with Crippen LogP contribution in [-0.2, 0) is 13.6 Å². The maximum absolute atomic E-state index is 5.57. The molecule has 96 valence electrons. The topological polar surface area (TPSA) is 64.9 Å². The fraction of sp³-hybridized carbons (Fsp3) is 0.417. The van der Waals surface area contributed by atoms with Gasteiger partial charge in [0.05, 0.1) is 20.2 Å². The van der Waals surface area contributed by atoms with Crippen molar-refractivity contribution in [1.82, 2.24) is 25.5 Å². The van der Waals surface area contributed by atoms with Crippen LogP contribution in [0.4, 0.5) is 0 Å². The van der Waals surface area contributed by atoms with E-state index < -0.39 is 0 Å². The smallest absolute Gasteiger partial charge is 0.188 e. The third-order valence-electron chi connectivity index (χ3n) is 2.34. The molecule has 1 N–H and O–H groups in total. The van der Waals surface area contributed by atoms with Crippen LogP contribution in [0.15, 0.2) is 30.3 Å². The molecule has 0 saturated carbocycles. The minimum atomic E-state index is 0.638. The van der Waals surface area contributed by atoms with E-state index in [1.165, 1.54) is 4.80 Å². The molecule has 2 aromatic rings. The van der Waals surface area contributed by atoms with Gasteiger partial charge < -0.3 is 10.1 Å². The minimum absolute atomic E-state index is 0.638. The van der Waals surface area contributed by atoms with E-state index in [2.05, 4.69) is 20.7 Å². The van der Waals surface area contributed by atoms with Crippen LogP contribution < -0.4 is 10.1 Å². The van der Waals surface area contributed by atoms with Crippen LogP contribution in [0, 0.1) is 0 Å². The van der Waals surface area contributed by atoms with Crippen molar-refractivity contribution in [3.8, 4) is 5.75 Å². The summed E-state index contributed by atoms with van der Waals surface area (Å²) in [4.78, 5) is 1.45. The van der Waals surface area contributed by atoms with Crippen LogP contribution >= 0.6 is 0 Å². The van der Waals surface area contributed by atoms with Gasteiger partial charge in [-0.3, -0.25) is 0 Å². The van der Waals surface area contributed by atoms with Gasteiger partial charge in [0.1, 0.15) is 5.75 Å². The molecule has 0 radical (unpaired) electrons. The van der Waals surface area contributed by atoms with Gasteiger partial charge in [-0.05, 0) is 30.3 Å². The average Bonchev–Trinajstić information content (AvgIpc) is 2.81. The highest BCUT2D eigenvalue weighted by Gasteiger charge is 1.98. The standard InChI is InChI=1S/C12H17N5O/c1-17-15-12(14-16-17)10-13-8-5-9-18-11-6-3-2-4-7-11/h2-4,6-7,13H,5,8-10H2,1H3. The summed E-state index contributed by atoms with van der Waals surface area (Å²) in [6, 6.07) is 9.82. The summed E-state index contributed by atoms with van der Waals surface area (Å²) in [7, 11) is 1.75. The van der Waals surface area contributed by atoms with E-state index in [9.17, 15) is 0 Å². The number of nitrogens with zero attached hydrogens (tertiary/aromatic N) is 4. The zero-order valence-corrected chi connectivity index (χ0v) is 10.4. The molecule has 0 saturated heterocycles. The lowest BCUT2D eigenvalue weighted by Crippen LogP contribution is -2.18. The SMILES string of the molecule is Cn1nnc(CNCCCOc2ccccc2)n1. The maximum atomic E-state index is 5.57. The highest BCUT2D eigenvalue weighted by Crippen LogP contribution is 2.07. The Morgan fingerprint density at radius 3 is 2.83 bits per heavy atom. The average molecular weight is 247 g/mol. The summed E-state index contributed by atoms with van der Waals surface area (Å²) in [6.07, 6.45) is 0.940. The van der Waals surface area contributed by atoms with Crippen molar-refractivity contribution in [1.29, 1.82) is 0 Å².